The van der Waals surface area contributed by atoms with Crippen molar-refractivity contribution in [1.29, 1.82) is 0 Å². The maximum Gasteiger partial charge on any atom is 0.243 e. The standard InChI is InChI=1S/C12H17BrN2O2S/c13-11-1-3-12(4-2-11)18(16,17)15-8-6-10(9-15)5-7-14/h1-4,10H,5-9,14H2. The molecule has 100 valence electrons. The van der Waals surface area contributed by atoms with Gasteiger partial charge >= 0.3 is 0 Å². The first-order valence-electron chi connectivity index (χ1n) is 6.00. The molecule has 0 bridgehead atoms. The smallest absolute Gasteiger partial charge is 0.243 e. The average molecular weight is 333 g/mol. The quantitative estimate of drug-likeness (QED) is 0.914. The van der Waals surface area contributed by atoms with Crippen LogP contribution in [0.1, 0.15) is 12.8 Å². The first-order valence-corrected chi connectivity index (χ1v) is 8.23. The van der Waals surface area contributed by atoms with E-state index in [9.17, 15) is 8.42 Å². The van der Waals surface area contributed by atoms with Crippen LogP contribution in [-0.2, 0) is 10.0 Å². The fourth-order valence-electron chi connectivity index (χ4n) is 2.24. The highest BCUT2D eigenvalue weighted by molar-refractivity contribution is 9.10. The van der Waals surface area contributed by atoms with E-state index in [4.69, 9.17) is 5.73 Å². The monoisotopic (exact) mass is 332 g/mol. The molecular formula is C12H17BrN2O2S. The number of hydrogen-bond acceptors (Lipinski definition) is 3. The number of benzene rings is 1. The van der Waals surface area contributed by atoms with E-state index in [1.165, 1.54) is 0 Å². The van der Waals surface area contributed by atoms with Crippen LogP contribution in [0, 0.1) is 5.92 Å². The minimum Gasteiger partial charge on any atom is -0.330 e. The van der Waals surface area contributed by atoms with Gasteiger partial charge in [-0.15, -0.1) is 0 Å². The van der Waals surface area contributed by atoms with Crippen LogP contribution in [0.2, 0.25) is 0 Å². The maximum atomic E-state index is 12.4. The lowest BCUT2D eigenvalue weighted by molar-refractivity contribution is 0.449. The molecule has 0 aromatic heterocycles. The Bertz CT molecular complexity index is 501. The lowest BCUT2D eigenvalue weighted by atomic mass is 10.1. The van der Waals surface area contributed by atoms with Crippen LogP contribution in [-0.4, -0.2) is 32.4 Å². The number of nitrogens with two attached hydrogens (primary N) is 1. The molecule has 4 nitrogen and oxygen atoms in total. The summed E-state index contributed by atoms with van der Waals surface area (Å²) in [6.45, 7) is 1.81. The van der Waals surface area contributed by atoms with Crippen molar-refractivity contribution >= 4 is 26.0 Å². The highest BCUT2D eigenvalue weighted by Crippen LogP contribution is 2.26. The Hall–Kier alpha value is -0.430. The van der Waals surface area contributed by atoms with Crippen molar-refractivity contribution in [1.82, 2.24) is 4.31 Å². The lowest BCUT2D eigenvalue weighted by Gasteiger charge is -2.16. The summed E-state index contributed by atoms with van der Waals surface area (Å²) < 4.78 is 27.2. The van der Waals surface area contributed by atoms with Gasteiger partial charge in [0.05, 0.1) is 4.90 Å². The van der Waals surface area contributed by atoms with Gasteiger partial charge in [0.15, 0.2) is 0 Å². The van der Waals surface area contributed by atoms with Gasteiger partial charge in [-0.1, -0.05) is 15.9 Å². The van der Waals surface area contributed by atoms with Crippen LogP contribution in [0.3, 0.4) is 0 Å². The van der Waals surface area contributed by atoms with E-state index in [0.717, 1.165) is 17.3 Å². The van der Waals surface area contributed by atoms with Gasteiger partial charge in [-0.3, -0.25) is 0 Å². The summed E-state index contributed by atoms with van der Waals surface area (Å²) in [6, 6.07) is 6.77. The summed E-state index contributed by atoms with van der Waals surface area (Å²) in [5.41, 5.74) is 5.52. The number of rotatable bonds is 4. The van der Waals surface area contributed by atoms with Crippen molar-refractivity contribution in [3.05, 3.63) is 28.7 Å². The Balaban J connectivity index is 2.15. The molecule has 2 N–H and O–H groups in total. The number of halogens is 1. The van der Waals surface area contributed by atoms with Crippen molar-refractivity contribution in [2.75, 3.05) is 19.6 Å². The van der Waals surface area contributed by atoms with Crippen molar-refractivity contribution in [2.24, 2.45) is 11.7 Å². The number of nitrogens with zero attached hydrogens (tertiary/aromatic N) is 1. The van der Waals surface area contributed by atoms with E-state index in [-0.39, 0.29) is 0 Å². The van der Waals surface area contributed by atoms with Gasteiger partial charge in [0, 0.05) is 17.6 Å². The second kappa shape index (κ2) is 5.69. The molecule has 18 heavy (non-hydrogen) atoms. The summed E-state index contributed by atoms with van der Waals surface area (Å²) in [5.74, 6) is 0.403. The van der Waals surface area contributed by atoms with Crippen molar-refractivity contribution in [2.45, 2.75) is 17.7 Å². The van der Waals surface area contributed by atoms with E-state index >= 15 is 0 Å². The van der Waals surface area contributed by atoms with Crippen LogP contribution in [0.15, 0.2) is 33.6 Å². The summed E-state index contributed by atoms with van der Waals surface area (Å²) in [7, 11) is -3.34. The molecule has 1 aromatic rings. The minimum absolute atomic E-state index is 0.360. The fourth-order valence-corrected chi connectivity index (χ4v) is 4.04. The summed E-state index contributed by atoms with van der Waals surface area (Å²) in [6.07, 6.45) is 1.80. The average Bonchev–Trinajstić information content (AvgIpc) is 2.79. The Labute approximate surface area is 116 Å². The van der Waals surface area contributed by atoms with Gasteiger partial charge < -0.3 is 5.73 Å². The molecular weight excluding hydrogens is 316 g/mol. The second-order valence-electron chi connectivity index (χ2n) is 4.55. The first kappa shape index (κ1) is 14.0. The molecule has 1 aliphatic heterocycles. The molecule has 0 radical (unpaired) electrons. The number of sulfonamides is 1. The van der Waals surface area contributed by atoms with Crippen LogP contribution in [0.4, 0.5) is 0 Å². The third kappa shape index (κ3) is 2.93. The van der Waals surface area contributed by atoms with Crippen LogP contribution >= 0.6 is 15.9 Å². The molecule has 1 unspecified atom stereocenters. The molecule has 1 aromatic carbocycles. The van der Waals surface area contributed by atoms with E-state index in [1.807, 2.05) is 0 Å². The summed E-state index contributed by atoms with van der Waals surface area (Å²) in [5, 5.41) is 0. The SMILES string of the molecule is NCCC1CCN(S(=O)(=O)c2ccc(Br)cc2)C1. The lowest BCUT2D eigenvalue weighted by Crippen LogP contribution is -2.29. The Morgan fingerprint density at radius 3 is 2.61 bits per heavy atom. The van der Waals surface area contributed by atoms with Gasteiger partial charge in [-0.25, -0.2) is 8.42 Å². The van der Waals surface area contributed by atoms with Crippen LogP contribution < -0.4 is 5.73 Å². The topological polar surface area (TPSA) is 63.4 Å². The molecule has 2 rings (SSSR count). The molecule has 1 heterocycles. The molecule has 1 saturated heterocycles. The van der Waals surface area contributed by atoms with Gasteiger partial charge in [-0.2, -0.15) is 4.31 Å². The highest BCUT2D eigenvalue weighted by Gasteiger charge is 2.31. The highest BCUT2D eigenvalue weighted by atomic mass is 79.9. The predicted molar refractivity (Wildman–Crippen MR) is 74.7 cm³/mol. The normalized spacial score (nSPS) is 21.3. The Kier molecular flexibility index (Phi) is 4.42. The van der Waals surface area contributed by atoms with Crippen molar-refractivity contribution in [3.63, 3.8) is 0 Å². The molecule has 6 heteroatoms. The molecule has 1 aliphatic rings. The van der Waals surface area contributed by atoms with Gasteiger partial charge in [0.1, 0.15) is 0 Å². The Morgan fingerprint density at radius 1 is 1.33 bits per heavy atom. The molecule has 0 amide bonds. The Morgan fingerprint density at radius 2 is 2.00 bits per heavy atom. The van der Waals surface area contributed by atoms with E-state index in [2.05, 4.69) is 15.9 Å². The third-order valence-corrected chi connectivity index (χ3v) is 5.68. The fraction of sp³-hybridized carbons (Fsp3) is 0.500. The second-order valence-corrected chi connectivity index (χ2v) is 7.40. The zero-order valence-corrected chi connectivity index (χ0v) is 12.5. The van der Waals surface area contributed by atoms with Gasteiger partial charge in [0.2, 0.25) is 10.0 Å². The van der Waals surface area contributed by atoms with Crippen LogP contribution in [0.5, 0.6) is 0 Å². The zero-order chi connectivity index (χ0) is 13.2. The molecule has 0 saturated carbocycles. The minimum atomic E-state index is -3.34. The van der Waals surface area contributed by atoms with Gasteiger partial charge in [0.25, 0.3) is 0 Å². The first-order chi connectivity index (χ1) is 8.54. The van der Waals surface area contributed by atoms with Gasteiger partial charge in [-0.05, 0) is 49.6 Å². The van der Waals surface area contributed by atoms with Crippen LogP contribution in [0.25, 0.3) is 0 Å². The van der Waals surface area contributed by atoms with Crippen molar-refractivity contribution in [3.8, 4) is 0 Å². The summed E-state index contributed by atoms with van der Waals surface area (Å²) in [4.78, 5) is 0.360. The number of hydrogen-bond donors (Lipinski definition) is 1. The van der Waals surface area contributed by atoms with E-state index < -0.39 is 10.0 Å². The maximum absolute atomic E-state index is 12.4. The molecule has 1 atom stereocenters. The summed E-state index contributed by atoms with van der Waals surface area (Å²) >= 11 is 3.30. The zero-order valence-electron chi connectivity index (χ0n) is 10.0. The van der Waals surface area contributed by atoms with E-state index in [1.54, 1.807) is 28.6 Å². The third-order valence-electron chi connectivity index (χ3n) is 3.27. The van der Waals surface area contributed by atoms with E-state index in [0.29, 0.717) is 30.4 Å². The molecule has 0 aliphatic carbocycles. The largest absolute Gasteiger partial charge is 0.330 e. The molecule has 1 fully saturated rings. The van der Waals surface area contributed by atoms with Crippen molar-refractivity contribution < 1.29 is 8.42 Å². The predicted octanol–water partition coefficient (Wildman–Crippen LogP) is 1.81. The molecule has 0 spiro atoms.